The molecule has 0 saturated heterocycles. The van der Waals surface area contributed by atoms with Crippen LogP contribution in [0, 0.1) is 11.3 Å². The van der Waals surface area contributed by atoms with Crippen LogP contribution in [-0.4, -0.2) is 23.3 Å². The lowest BCUT2D eigenvalue weighted by Crippen LogP contribution is -2.38. The zero-order chi connectivity index (χ0) is 14.8. The standard InChI is InChI=1S/C15H17NO4/c1-20-13-8-12(17)10(9-16)7-11(13)15(14(18)19)5-3-2-4-6-15/h7-8,17H,2-6H2,1H3,(H,18,19). The van der Waals surface area contributed by atoms with Crippen molar-refractivity contribution in [2.24, 2.45) is 0 Å². The number of aromatic hydroxyl groups is 1. The molecule has 1 aliphatic rings. The highest BCUT2D eigenvalue weighted by Gasteiger charge is 2.43. The zero-order valence-corrected chi connectivity index (χ0v) is 11.3. The van der Waals surface area contributed by atoms with Crippen molar-refractivity contribution in [1.29, 1.82) is 5.26 Å². The number of rotatable bonds is 3. The van der Waals surface area contributed by atoms with Gasteiger partial charge < -0.3 is 14.9 Å². The minimum atomic E-state index is -1.02. The van der Waals surface area contributed by atoms with Crippen LogP contribution in [0.2, 0.25) is 0 Å². The molecule has 5 nitrogen and oxygen atoms in total. The van der Waals surface area contributed by atoms with E-state index in [0.717, 1.165) is 19.3 Å². The third-order valence-electron chi connectivity index (χ3n) is 4.07. The SMILES string of the molecule is COc1cc(O)c(C#N)cc1C1(C(=O)O)CCCCC1. The van der Waals surface area contributed by atoms with Crippen LogP contribution >= 0.6 is 0 Å². The minimum absolute atomic E-state index is 0.0759. The van der Waals surface area contributed by atoms with Gasteiger partial charge in [-0.05, 0) is 18.9 Å². The zero-order valence-electron chi connectivity index (χ0n) is 11.3. The van der Waals surface area contributed by atoms with Gasteiger partial charge in [0.05, 0.1) is 18.1 Å². The molecule has 5 heteroatoms. The number of phenols is 1. The van der Waals surface area contributed by atoms with E-state index in [2.05, 4.69) is 0 Å². The van der Waals surface area contributed by atoms with Crippen LogP contribution in [0.4, 0.5) is 0 Å². The number of hydrogen-bond donors (Lipinski definition) is 2. The van der Waals surface area contributed by atoms with E-state index in [4.69, 9.17) is 10.00 Å². The number of carboxylic acid groups (broad SMARTS) is 1. The summed E-state index contributed by atoms with van der Waals surface area (Å²) < 4.78 is 5.22. The highest BCUT2D eigenvalue weighted by atomic mass is 16.5. The molecule has 1 saturated carbocycles. The highest BCUT2D eigenvalue weighted by Crippen LogP contribution is 2.45. The van der Waals surface area contributed by atoms with Gasteiger partial charge in [-0.1, -0.05) is 19.3 Å². The third kappa shape index (κ3) is 2.18. The number of nitriles is 1. The summed E-state index contributed by atoms with van der Waals surface area (Å²) in [5.41, 5.74) is -0.461. The second-order valence-corrected chi connectivity index (χ2v) is 5.13. The van der Waals surface area contributed by atoms with Crippen molar-refractivity contribution in [2.75, 3.05) is 7.11 Å². The predicted molar refractivity (Wildman–Crippen MR) is 71.8 cm³/mol. The molecule has 0 spiro atoms. The smallest absolute Gasteiger partial charge is 0.314 e. The molecular formula is C15H17NO4. The molecule has 1 aliphatic carbocycles. The molecule has 1 fully saturated rings. The maximum Gasteiger partial charge on any atom is 0.314 e. The van der Waals surface area contributed by atoms with E-state index in [1.54, 1.807) is 0 Å². The Kier molecular flexibility index (Phi) is 3.84. The summed E-state index contributed by atoms with van der Waals surface area (Å²) in [6, 6.07) is 4.66. The van der Waals surface area contributed by atoms with Gasteiger partial charge >= 0.3 is 5.97 Å². The fraction of sp³-hybridized carbons (Fsp3) is 0.467. The number of hydrogen-bond acceptors (Lipinski definition) is 4. The second-order valence-electron chi connectivity index (χ2n) is 5.13. The van der Waals surface area contributed by atoms with Crippen molar-refractivity contribution in [2.45, 2.75) is 37.5 Å². The quantitative estimate of drug-likeness (QED) is 0.884. The van der Waals surface area contributed by atoms with Crippen molar-refractivity contribution in [3.8, 4) is 17.6 Å². The lowest BCUT2D eigenvalue weighted by atomic mass is 9.69. The molecule has 2 N–H and O–H groups in total. The van der Waals surface area contributed by atoms with Crippen LogP contribution in [0.5, 0.6) is 11.5 Å². The Morgan fingerprint density at radius 2 is 2.00 bits per heavy atom. The molecular weight excluding hydrogens is 258 g/mol. The first-order chi connectivity index (χ1) is 9.55. The number of phenolic OH excluding ortho intramolecular Hbond substituents is 1. The first-order valence-corrected chi connectivity index (χ1v) is 6.60. The Balaban J connectivity index is 2.64. The van der Waals surface area contributed by atoms with E-state index < -0.39 is 11.4 Å². The summed E-state index contributed by atoms with van der Waals surface area (Å²) >= 11 is 0. The summed E-state index contributed by atoms with van der Waals surface area (Å²) in [5.74, 6) is -0.764. The van der Waals surface area contributed by atoms with Gasteiger partial charge in [-0.3, -0.25) is 4.79 Å². The minimum Gasteiger partial charge on any atom is -0.506 e. The largest absolute Gasteiger partial charge is 0.506 e. The van der Waals surface area contributed by atoms with Crippen LogP contribution in [0.1, 0.15) is 43.2 Å². The molecule has 0 atom stereocenters. The molecule has 1 aromatic rings. The van der Waals surface area contributed by atoms with Gasteiger partial charge in [-0.15, -0.1) is 0 Å². The van der Waals surface area contributed by atoms with Crippen LogP contribution in [0.15, 0.2) is 12.1 Å². The molecule has 0 aromatic heterocycles. The maximum atomic E-state index is 11.8. The predicted octanol–water partition coefficient (Wildman–Crippen LogP) is 2.56. The molecule has 0 aliphatic heterocycles. The number of carboxylic acids is 1. The van der Waals surface area contributed by atoms with E-state index >= 15 is 0 Å². The molecule has 0 radical (unpaired) electrons. The first kappa shape index (κ1) is 14.2. The van der Waals surface area contributed by atoms with E-state index in [-0.39, 0.29) is 11.3 Å². The van der Waals surface area contributed by atoms with Gasteiger partial charge in [0.25, 0.3) is 0 Å². The number of methoxy groups -OCH3 is 1. The van der Waals surface area contributed by atoms with E-state index in [9.17, 15) is 15.0 Å². The molecule has 2 rings (SSSR count). The Morgan fingerprint density at radius 3 is 2.50 bits per heavy atom. The monoisotopic (exact) mass is 275 g/mol. The van der Waals surface area contributed by atoms with Crippen molar-refractivity contribution < 1.29 is 19.7 Å². The Hall–Kier alpha value is -2.22. The van der Waals surface area contributed by atoms with Gasteiger partial charge in [0.1, 0.15) is 17.6 Å². The molecule has 0 bridgehead atoms. The molecule has 0 unspecified atom stereocenters. The van der Waals surface area contributed by atoms with Crippen LogP contribution in [-0.2, 0) is 10.2 Å². The second kappa shape index (κ2) is 5.41. The van der Waals surface area contributed by atoms with Crippen molar-refractivity contribution >= 4 is 5.97 Å². The Bertz CT molecular complexity index is 568. The van der Waals surface area contributed by atoms with Crippen molar-refractivity contribution in [3.63, 3.8) is 0 Å². The van der Waals surface area contributed by atoms with Crippen LogP contribution < -0.4 is 4.74 Å². The topological polar surface area (TPSA) is 90.5 Å². The van der Waals surface area contributed by atoms with Crippen LogP contribution in [0.25, 0.3) is 0 Å². The lowest BCUT2D eigenvalue weighted by Gasteiger charge is -2.34. The fourth-order valence-electron chi connectivity index (χ4n) is 2.96. The van der Waals surface area contributed by atoms with Crippen molar-refractivity contribution in [1.82, 2.24) is 0 Å². The molecule has 20 heavy (non-hydrogen) atoms. The summed E-state index contributed by atoms with van der Waals surface area (Å²) in [7, 11) is 1.43. The van der Waals surface area contributed by atoms with Gasteiger partial charge in [0.2, 0.25) is 0 Å². The van der Waals surface area contributed by atoms with E-state index in [0.29, 0.717) is 24.2 Å². The average molecular weight is 275 g/mol. The summed E-state index contributed by atoms with van der Waals surface area (Å²) in [5, 5.41) is 28.4. The molecule has 0 heterocycles. The fourth-order valence-corrected chi connectivity index (χ4v) is 2.96. The number of carbonyl (C=O) groups is 1. The van der Waals surface area contributed by atoms with Gasteiger partial charge in [0, 0.05) is 11.6 Å². The molecule has 106 valence electrons. The number of nitrogens with zero attached hydrogens (tertiary/aromatic N) is 1. The Labute approximate surface area is 117 Å². The number of ether oxygens (including phenoxy) is 1. The summed E-state index contributed by atoms with van der Waals surface area (Å²) in [6.45, 7) is 0. The summed E-state index contributed by atoms with van der Waals surface area (Å²) in [6.07, 6.45) is 3.72. The molecule has 0 amide bonds. The van der Waals surface area contributed by atoms with Crippen LogP contribution in [0.3, 0.4) is 0 Å². The average Bonchev–Trinajstić information content (AvgIpc) is 2.47. The van der Waals surface area contributed by atoms with Gasteiger partial charge in [0.15, 0.2) is 0 Å². The number of aliphatic carboxylic acids is 1. The summed E-state index contributed by atoms with van der Waals surface area (Å²) in [4.78, 5) is 11.8. The number of benzene rings is 1. The maximum absolute atomic E-state index is 11.8. The van der Waals surface area contributed by atoms with E-state index in [1.165, 1.54) is 19.2 Å². The lowest BCUT2D eigenvalue weighted by molar-refractivity contribution is -0.145. The van der Waals surface area contributed by atoms with Gasteiger partial charge in [-0.25, -0.2) is 0 Å². The Morgan fingerprint density at radius 1 is 1.35 bits per heavy atom. The molecule has 1 aromatic carbocycles. The van der Waals surface area contributed by atoms with Gasteiger partial charge in [-0.2, -0.15) is 5.26 Å². The highest BCUT2D eigenvalue weighted by molar-refractivity contribution is 5.83. The van der Waals surface area contributed by atoms with Crippen molar-refractivity contribution in [3.05, 3.63) is 23.3 Å². The third-order valence-corrected chi connectivity index (χ3v) is 4.07. The normalized spacial score (nSPS) is 17.2. The first-order valence-electron chi connectivity index (χ1n) is 6.60. The van der Waals surface area contributed by atoms with E-state index in [1.807, 2.05) is 6.07 Å².